The van der Waals surface area contributed by atoms with Gasteiger partial charge in [0.05, 0.1) is 19.8 Å². The van der Waals surface area contributed by atoms with Crippen molar-refractivity contribution < 1.29 is 14.2 Å². The van der Waals surface area contributed by atoms with E-state index in [9.17, 15) is 0 Å². The first-order chi connectivity index (χ1) is 11.7. The lowest BCUT2D eigenvalue weighted by Gasteiger charge is -2.41. The highest BCUT2D eigenvalue weighted by atomic mass is 16.5. The second-order valence-corrected chi connectivity index (χ2v) is 5.81. The summed E-state index contributed by atoms with van der Waals surface area (Å²) in [6, 6.07) is 12.6. The minimum absolute atomic E-state index is 0.237. The van der Waals surface area contributed by atoms with Gasteiger partial charge in [-0.05, 0) is 18.4 Å². The first kappa shape index (κ1) is 16.5. The highest BCUT2D eigenvalue weighted by Crippen LogP contribution is 2.37. The molecule has 3 rings (SSSR count). The molecule has 6 nitrogen and oxygen atoms in total. The number of rotatable bonds is 5. The fraction of sp³-hybridized carbons (Fsp3) is 0.444. The predicted molar refractivity (Wildman–Crippen MR) is 91.7 cm³/mol. The average molecular weight is 329 g/mol. The molecule has 1 saturated heterocycles. The van der Waals surface area contributed by atoms with Gasteiger partial charge in [0.15, 0.2) is 0 Å². The molecule has 1 fully saturated rings. The van der Waals surface area contributed by atoms with Crippen LogP contribution >= 0.6 is 0 Å². The summed E-state index contributed by atoms with van der Waals surface area (Å²) in [5.74, 6) is 1.32. The van der Waals surface area contributed by atoms with Gasteiger partial charge in [-0.25, -0.2) is 0 Å². The molecule has 0 amide bonds. The van der Waals surface area contributed by atoms with Crippen LogP contribution in [0.2, 0.25) is 0 Å². The van der Waals surface area contributed by atoms with Gasteiger partial charge in [0.25, 0.3) is 0 Å². The van der Waals surface area contributed by atoms with Crippen molar-refractivity contribution in [2.24, 2.45) is 0 Å². The van der Waals surface area contributed by atoms with E-state index in [1.165, 1.54) is 5.56 Å². The van der Waals surface area contributed by atoms with E-state index >= 15 is 0 Å². The van der Waals surface area contributed by atoms with Crippen molar-refractivity contribution in [1.29, 1.82) is 0 Å². The predicted octanol–water partition coefficient (Wildman–Crippen LogP) is 2.64. The first-order valence-corrected chi connectivity index (χ1v) is 8.03. The third-order valence-corrected chi connectivity index (χ3v) is 4.65. The van der Waals surface area contributed by atoms with E-state index in [1.807, 2.05) is 12.1 Å². The molecule has 24 heavy (non-hydrogen) atoms. The molecule has 0 radical (unpaired) electrons. The molecular formula is C18H23N3O3. The number of hydrogen-bond acceptors (Lipinski definition) is 6. The van der Waals surface area contributed by atoms with Crippen LogP contribution in [0.3, 0.4) is 0 Å². The van der Waals surface area contributed by atoms with Crippen molar-refractivity contribution in [2.75, 3.05) is 39.3 Å². The lowest BCUT2D eigenvalue weighted by atomic mass is 9.84. The van der Waals surface area contributed by atoms with Crippen molar-refractivity contribution >= 4 is 5.82 Å². The number of hydrogen-bond donors (Lipinski definition) is 0. The summed E-state index contributed by atoms with van der Waals surface area (Å²) < 4.78 is 16.3. The molecule has 0 atom stereocenters. The quantitative estimate of drug-likeness (QED) is 0.840. The van der Waals surface area contributed by atoms with Gasteiger partial charge in [0, 0.05) is 26.3 Å². The summed E-state index contributed by atoms with van der Waals surface area (Å²) >= 11 is 0. The largest absolute Gasteiger partial charge is 0.481 e. The molecular weight excluding hydrogens is 306 g/mol. The molecule has 0 saturated carbocycles. The summed E-state index contributed by atoms with van der Waals surface area (Å²) in [7, 11) is 4.94. The Morgan fingerprint density at radius 3 is 2.25 bits per heavy atom. The van der Waals surface area contributed by atoms with Crippen LogP contribution in [0.25, 0.3) is 0 Å². The molecule has 0 spiro atoms. The Morgan fingerprint density at radius 2 is 1.67 bits per heavy atom. The maximum absolute atomic E-state index is 5.93. The van der Waals surface area contributed by atoms with Gasteiger partial charge in [-0.15, -0.1) is 0 Å². The molecule has 0 bridgehead atoms. The molecule has 0 N–H and O–H groups in total. The first-order valence-electron chi connectivity index (χ1n) is 8.03. The van der Waals surface area contributed by atoms with Crippen LogP contribution in [0, 0.1) is 0 Å². The number of aromatic nitrogens is 2. The Labute approximate surface area is 142 Å². The molecule has 0 aliphatic carbocycles. The second kappa shape index (κ2) is 7.05. The minimum Gasteiger partial charge on any atom is -0.481 e. The van der Waals surface area contributed by atoms with E-state index in [4.69, 9.17) is 14.2 Å². The molecule has 128 valence electrons. The number of nitrogens with zero attached hydrogens (tertiary/aromatic N) is 3. The summed E-state index contributed by atoms with van der Waals surface area (Å²) in [5, 5.41) is 0. The monoisotopic (exact) mass is 329 g/mol. The van der Waals surface area contributed by atoms with Gasteiger partial charge in [-0.2, -0.15) is 9.97 Å². The maximum atomic E-state index is 5.93. The van der Waals surface area contributed by atoms with E-state index in [0.717, 1.165) is 31.7 Å². The summed E-state index contributed by atoms with van der Waals surface area (Å²) in [4.78, 5) is 10.8. The number of ether oxygens (including phenoxy) is 3. The molecule has 1 aromatic heterocycles. The number of anilines is 1. The van der Waals surface area contributed by atoms with Crippen LogP contribution in [0.15, 0.2) is 36.4 Å². The Kier molecular flexibility index (Phi) is 4.85. The van der Waals surface area contributed by atoms with Crippen molar-refractivity contribution in [2.45, 2.75) is 18.4 Å². The van der Waals surface area contributed by atoms with Gasteiger partial charge < -0.3 is 19.1 Å². The third kappa shape index (κ3) is 3.14. The van der Waals surface area contributed by atoms with Crippen LogP contribution in [0.1, 0.15) is 18.4 Å². The van der Waals surface area contributed by atoms with Gasteiger partial charge in [0.2, 0.25) is 5.88 Å². The van der Waals surface area contributed by atoms with Crippen LogP contribution in [-0.4, -0.2) is 44.4 Å². The number of methoxy groups -OCH3 is 3. The molecule has 2 aromatic rings. The van der Waals surface area contributed by atoms with Crippen LogP contribution < -0.4 is 14.4 Å². The lowest BCUT2D eigenvalue weighted by Crippen LogP contribution is -2.44. The Morgan fingerprint density at radius 1 is 0.958 bits per heavy atom. The van der Waals surface area contributed by atoms with Gasteiger partial charge in [-0.1, -0.05) is 30.3 Å². The van der Waals surface area contributed by atoms with E-state index in [-0.39, 0.29) is 5.60 Å². The lowest BCUT2D eigenvalue weighted by molar-refractivity contribution is -0.0347. The molecule has 1 aromatic carbocycles. The maximum Gasteiger partial charge on any atom is 0.321 e. The fourth-order valence-corrected chi connectivity index (χ4v) is 3.20. The Balaban J connectivity index is 1.79. The van der Waals surface area contributed by atoms with E-state index in [0.29, 0.717) is 11.9 Å². The van der Waals surface area contributed by atoms with Crippen LogP contribution in [0.4, 0.5) is 5.82 Å². The normalized spacial score (nSPS) is 16.7. The van der Waals surface area contributed by atoms with E-state index in [2.05, 4.69) is 39.1 Å². The zero-order valence-corrected chi connectivity index (χ0v) is 14.4. The fourth-order valence-electron chi connectivity index (χ4n) is 3.20. The highest BCUT2D eigenvalue weighted by molar-refractivity contribution is 5.44. The highest BCUT2D eigenvalue weighted by Gasteiger charge is 2.36. The van der Waals surface area contributed by atoms with Crippen molar-refractivity contribution in [1.82, 2.24) is 9.97 Å². The molecule has 2 heterocycles. The minimum atomic E-state index is -0.237. The third-order valence-electron chi connectivity index (χ3n) is 4.65. The number of piperidine rings is 1. The zero-order chi connectivity index (χ0) is 17.0. The Hall–Kier alpha value is -2.34. The summed E-state index contributed by atoms with van der Waals surface area (Å²) in [5.41, 5.74) is 0.990. The summed E-state index contributed by atoms with van der Waals surface area (Å²) in [6.45, 7) is 1.68. The van der Waals surface area contributed by atoms with Crippen molar-refractivity contribution in [3.05, 3.63) is 42.0 Å². The van der Waals surface area contributed by atoms with Crippen molar-refractivity contribution in [3.63, 3.8) is 0 Å². The topological polar surface area (TPSA) is 56.7 Å². The smallest absolute Gasteiger partial charge is 0.321 e. The molecule has 1 aliphatic heterocycles. The van der Waals surface area contributed by atoms with Gasteiger partial charge >= 0.3 is 6.01 Å². The van der Waals surface area contributed by atoms with E-state index < -0.39 is 0 Å². The Bertz CT molecular complexity index is 648. The second-order valence-electron chi connectivity index (χ2n) is 5.81. The van der Waals surface area contributed by atoms with Crippen LogP contribution in [-0.2, 0) is 10.3 Å². The molecule has 1 aliphatic rings. The number of benzene rings is 1. The van der Waals surface area contributed by atoms with E-state index in [1.54, 1.807) is 21.3 Å². The van der Waals surface area contributed by atoms with Gasteiger partial charge in [0.1, 0.15) is 5.82 Å². The summed E-state index contributed by atoms with van der Waals surface area (Å²) in [6.07, 6.45) is 1.78. The van der Waals surface area contributed by atoms with Crippen molar-refractivity contribution in [3.8, 4) is 11.9 Å². The zero-order valence-electron chi connectivity index (χ0n) is 14.4. The van der Waals surface area contributed by atoms with Crippen LogP contribution in [0.5, 0.6) is 11.9 Å². The molecule has 0 unspecified atom stereocenters. The SMILES string of the molecule is COc1cc(N2CCC(OC)(c3ccccc3)CC2)nc(OC)n1. The average Bonchev–Trinajstić information content (AvgIpc) is 2.68. The standard InChI is InChI=1S/C18H23N3O3/c1-22-16-13-15(19-17(20-16)23-2)21-11-9-18(24-3,10-12-21)14-7-5-4-6-8-14/h4-8,13H,9-12H2,1-3H3. The molecule has 6 heteroatoms. The van der Waals surface area contributed by atoms with Gasteiger partial charge in [-0.3, -0.25) is 0 Å².